The van der Waals surface area contributed by atoms with Crippen molar-refractivity contribution in [2.75, 3.05) is 6.54 Å². The molecule has 1 aliphatic heterocycles. The first kappa shape index (κ1) is 23.2. The maximum absolute atomic E-state index is 13.6. The van der Waals surface area contributed by atoms with E-state index in [0.29, 0.717) is 37.0 Å². The van der Waals surface area contributed by atoms with Crippen LogP contribution in [0.1, 0.15) is 67.3 Å². The zero-order valence-corrected chi connectivity index (χ0v) is 20.8. The van der Waals surface area contributed by atoms with Gasteiger partial charge in [-0.2, -0.15) is 0 Å². The molecule has 1 aliphatic rings. The lowest BCUT2D eigenvalue weighted by Gasteiger charge is -2.24. The zero-order chi connectivity index (χ0) is 23.9. The second-order valence-electron chi connectivity index (χ2n) is 9.81. The molecule has 0 fully saturated rings. The Morgan fingerprint density at radius 1 is 1.00 bits per heavy atom. The fraction of sp³-hybridized carbons (Fsp3) is 0.429. The summed E-state index contributed by atoms with van der Waals surface area (Å²) >= 11 is 0. The van der Waals surface area contributed by atoms with Crippen LogP contribution < -0.4 is 16.9 Å². The number of benzene rings is 2. The molecule has 0 spiro atoms. The first-order valence-electron chi connectivity index (χ1n) is 12.1. The van der Waals surface area contributed by atoms with Crippen molar-refractivity contribution < 1.29 is 0 Å². The summed E-state index contributed by atoms with van der Waals surface area (Å²) < 4.78 is 3.64. The highest BCUT2D eigenvalue weighted by atomic mass is 16.1. The van der Waals surface area contributed by atoms with E-state index >= 15 is 0 Å². The van der Waals surface area contributed by atoms with E-state index in [4.69, 9.17) is 10.7 Å². The summed E-state index contributed by atoms with van der Waals surface area (Å²) in [4.78, 5) is 18.8. The van der Waals surface area contributed by atoms with Gasteiger partial charge in [0.15, 0.2) is 0 Å². The van der Waals surface area contributed by atoms with Gasteiger partial charge in [-0.1, -0.05) is 52.0 Å². The van der Waals surface area contributed by atoms with Crippen molar-refractivity contribution in [3.05, 3.63) is 80.2 Å². The molecule has 1 aromatic heterocycles. The van der Waals surface area contributed by atoms with E-state index in [2.05, 4.69) is 77.9 Å². The monoisotopic (exact) mass is 444 g/mol. The highest BCUT2D eigenvalue weighted by molar-refractivity contribution is 5.67. The Bertz CT molecular complexity index is 1300. The first-order valence-corrected chi connectivity index (χ1v) is 12.1. The van der Waals surface area contributed by atoms with Crippen molar-refractivity contribution in [2.24, 2.45) is 10.7 Å². The van der Waals surface area contributed by atoms with Gasteiger partial charge in [-0.15, -0.1) is 0 Å². The molecule has 2 aromatic carbocycles. The minimum Gasteiger partial charge on any atom is -0.329 e. The smallest absolute Gasteiger partial charge is 0.329 e. The molecule has 5 heteroatoms. The van der Waals surface area contributed by atoms with E-state index in [9.17, 15) is 4.79 Å². The lowest BCUT2D eigenvalue weighted by Crippen LogP contribution is -2.43. The first-order chi connectivity index (χ1) is 15.7. The van der Waals surface area contributed by atoms with Gasteiger partial charge in [-0.05, 0) is 66.0 Å². The van der Waals surface area contributed by atoms with Crippen LogP contribution in [0.4, 0.5) is 5.69 Å². The molecule has 174 valence electrons. The summed E-state index contributed by atoms with van der Waals surface area (Å²) in [5.41, 5.74) is 15.9. The standard InChI is InChI=1S/C28H36N4O/c1-17(2)22-8-7-9-23(18(3)4)27(22)30-26-16-25-24-15-20(6)19(5)14-21(24)10-12-31(25)28(33)32(26)13-11-29/h7-9,14-18H,10-13,29H2,1-6H3. The number of hydrogen-bond donors (Lipinski definition) is 1. The van der Waals surface area contributed by atoms with Crippen LogP contribution >= 0.6 is 0 Å². The summed E-state index contributed by atoms with van der Waals surface area (Å²) in [5, 5.41) is 0. The predicted octanol–water partition coefficient (Wildman–Crippen LogP) is 4.93. The molecule has 4 rings (SSSR count). The van der Waals surface area contributed by atoms with Gasteiger partial charge in [-0.3, -0.25) is 9.13 Å². The minimum absolute atomic E-state index is 0.0336. The fourth-order valence-electron chi connectivity index (χ4n) is 4.80. The van der Waals surface area contributed by atoms with Crippen LogP contribution in [0.2, 0.25) is 0 Å². The maximum atomic E-state index is 13.6. The molecular weight excluding hydrogens is 408 g/mol. The summed E-state index contributed by atoms with van der Waals surface area (Å²) in [5.74, 6) is 0.658. The number of para-hydroxylation sites is 1. The van der Waals surface area contributed by atoms with E-state index in [1.807, 2.05) is 4.57 Å². The van der Waals surface area contributed by atoms with Gasteiger partial charge in [-0.25, -0.2) is 9.79 Å². The molecule has 33 heavy (non-hydrogen) atoms. The Morgan fingerprint density at radius 2 is 1.64 bits per heavy atom. The Balaban J connectivity index is 2.07. The van der Waals surface area contributed by atoms with Gasteiger partial charge in [0, 0.05) is 31.3 Å². The molecule has 0 unspecified atom stereocenters. The SMILES string of the molecule is Cc1cc2c(cc1C)-c1cc(=Nc3c(C(C)C)cccc3C(C)C)n(CCN)c(=O)n1CC2. The molecule has 5 nitrogen and oxygen atoms in total. The molecule has 0 atom stereocenters. The molecule has 2 N–H and O–H groups in total. The highest BCUT2D eigenvalue weighted by Crippen LogP contribution is 2.35. The molecule has 0 saturated heterocycles. The quantitative estimate of drug-likeness (QED) is 0.606. The molecule has 2 heterocycles. The lowest BCUT2D eigenvalue weighted by molar-refractivity contribution is 0.547. The normalized spacial score (nSPS) is 13.5. The van der Waals surface area contributed by atoms with E-state index in [1.54, 1.807) is 4.57 Å². The molecule has 0 amide bonds. The number of rotatable bonds is 5. The van der Waals surface area contributed by atoms with Crippen LogP contribution in [0.3, 0.4) is 0 Å². The summed E-state index contributed by atoms with van der Waals surface area (Å²) in [6.45, 7) is 14.5. The molecule has 3 aromatic rings. The molecule has 0 aliphatic carbocycles. The Labute approximate surface area is 196 Å². The Morgan fingerprint density at radius 3 is 2.24 bits per heavy atom. The molecular formula is C28H36N4O. The van der Waals surface area contributed by atoms with Crippen LogP contribution in [0.5, 0.6) is 0 Å². The largest absolute Gasteiger partial charge is 0.330 e. The van der Waals surface area contributed by atoms with Crippen molar-refractivity contribution in [3.8, 4) is 11.3 Å². The average molecular weight is 445 g/mol. The molecule has 0 saturated carbocycles. The maximum Gasteiger partial charge on any atom is 0.330 e. The number of fused-ring (bicyclic) bond motifs is 3. The number of nitrogens with two attached hydrogens (primary N) is 1. The Hall–Kier alpha value is -2.92. The third-order valence-electron chi connectivity index (χ3n) is 6.82. The van der Waals surface area contributed by atoms with Crippen LogP contribution in [-0.4, -0.2) is 15.7 Å². The van der Waals surface area contributed by atoms with Gasteiger partial charge in [0.25, 0.3) is 0 Å². The summed E-state index contributed by atoms with van der Waals surface area (Å²) in [6, 6.07) is 13.0. The van der Waals surface area contributed by atoms with Gasteiger partial charge < -0.3 is 5.73 Å². The lowest BCUT2D eigenvalue weighted by atomic mass is 9.92. The van der Waals surface area contributed by atoms with Crippen LogP contribution in [-0.2, 0) is 19.5 Å². The van der Waals surface area contributed by atoms with E-state index in [1.165, 1.54) is 27.8 Å². The summed E-state index contributed by atoms with van der Waals surface area (Å²) in [7, 11) is 0. The molecule has 0 bridgehead atoms. The van der Waals surface area contributed by atoms with Crippen LogP contribution in [0.25, 0.3) is 11.3 Å². The van der Waals surface area contributed by atoms with Gasteiger partial charge in [0.2, 0.25) is 0 Å². The van der Waals surface area contributed by atoms with Crippen LogP contribution in [0.15, 0.2) is 46.2 Å². The Kier molecular flexibility index (Phi) is 6.44. The number of aromatic nitrogens is 2. The second kappa shape index (κ2) is 9.14. The van der Waals surface area contributed by atoms with Crippen molar-refractivity contribution in [1.29, 1.82) is 0 Å². The number of aryl methyl sites for hydroxylation is 3. The zero-order valence-electron chi connectivity index (χ0n) is 20.8. The van der Waals surface area contributed by atoms with Gasteiger partial charge in [0.1, 0.15) is 5.49 Å². The third-order valence-corrected chi connectivity index (χ3v) is 6.82. The number of nitrogens with zero attached hydrogens (tertiary/aromatic N) is 3. The van der Waals surface area contributed by atoms with Crippen LogP contribution in [0, 0.1) is 13.8 Å². The highest BCUT2D eigenvalue weighted by Gasteiger charge is 2.21. The minimum atomic E-state index is -0.0336. The van der Waals surface area contributed by atoms with Crippen molar-refractivity contribution >= 4 is 5.69 Å². The number of hydrogen-bond acceptors (Lipinski definition) is 3. The third kappa shape index (κ3) is 4.22. The fourth-order valence-corrected chi connectivity index (χ4v) is 4.80. The van der Waals surface area contributed by atoms with E-state index in [-0.39, 0.29) is 5.69 Å². The summed E-state index contributed by atoms with van der Waals surface area (Å²) in [6.07, 6.45) is 0.857. The average Bonchev–Trinajstić information content (AvgIpc) is 2.77. The predicted molar refractivity (Wildman–Crippen MR) is 136 cm³/mol. The van der Waals surface area contributed by atoms with Gasteiger partial charge in [0.05, 0.1) is 11.4 Å². The van der Waals surface area contributed by atoms with Crippen molar-refractivity contribution in [2.45, 2.75) is 72.9 Å². The van der Waals surface area contributed by atoms with Gasteiger partial charge >= 0.3 is 5.69 Å². The van der Waals surface area contributed by atoms with Crippen molar-refractivity contribution in [3.63, 3.8) is 0 Å². The second-order valence-corrected chi connectivity index (χ2v) is 9.81. The molecule has 0 radical (unpaired) electrons. The van der Waals surface area contributed by atoms with E-state index < -0.39 is 0 Å². The van der Waals surface area contributed by atoms with Crippen molar-refractivity contribution in [1.82, 2.24) is 9.13 Å². The topological polar surface area (TPSA) is 65.3 Å². The van der Waals surface area contributed by atoms with E-state index in [0.717, 1.165) is 23.4 Å².